The number of carbonyl (C=O) groups is 1. The molecule has 0 saturated carbocycles. The monoisotopic (exact) mass is 289 g/mol. The van der Waals surface area contributed by atoms with Crippen LogP contribution >= 0.6 is 0 Å². The van der Waals surface area contributed by atoms with E-state index >= 15 is 0 Å². The van der Waals surface area contributed by atoms with Gasteiger partial charge in [-0.3, -0.25) is 4.79 Å². The summed E-state index contributed by atoms with van der Waals surface area (Å²) in [6.07, 6.45) is 1.61. The minimum Gasteiger partial charge on any atom is -0.451 e. The van der Waals surface area contributed by atoms with Gasteiger partial charge in [0.25, 0.3) is 5.91 Å². The van der Waals surface area contributed by atoms with E-state index in [1.807, 2.05) is 25.1 Å². The number of fused-ring (bicyclic) bond motifs is 1. The van der Waals surface area contributed by atoms with Gasteiger partial charge in [0.1, 0.15) is 5.58 Å². The fraction of sp³-hybridized carbons (Fsp3) is 0.471. The second-order valence-electron chi connectivity index (χ2n) is 6.33. The number of hydrogen-bond acceptors (Lipinski definition) is 3. The van der Waals surface area contributed by atoms with Gasteiger partial charge in [0.05, 0.1) is 0 Å². The van der Waals surface area contributed by atoms with E-state index in [0.717, 1.165) is 29.4 Å². The molecule has 1 aromatic heterocycles. The van der Waals surface area contributed by atoms with E-state index in [-0.39, 0.29) is 17.9 Å². The van der Waals surface area contributed by atoms with Crippen molar-refractivity contribution in [2.45, 2.75) is 33.6 Å². The molecule has 0 fully saturated rings. The van der Waals surface area contributed by atoms with Gasteiger partial charge < -0.3 is 14.8 Å². The van der Waals surface area contributed by atoms with Crippen molar-refractivity contribution in [1.82, 2.24) is 5.32 Å². The summed E-state index contributed by atoms with van der Waals surface area (Å²) in [5.74, 6) is 0.148. The minimum atomic E-state index is -0.194. The first-order valence-corrected chi connectivity index (χ1v) is 7.30. The minimum absolute atomic E-state index is 0.0407. The summed E-state index contributed by atoms with van der Waals surface area (Å²) in [4.78, 5) is 12.2. The van der Waals surface area contributed by atoms with Gasteiger partial charge in [0.2, 0.25) is 0 Å². The molecule has 2 aromatic rings. The number of carbonyl (C=O) groups excluding carboxylic acids is 1. The van der Waals surface area contributed by atoms with Gasteiger partial charge in [0, 0.05) is 18.5 Å². The zero-order valence-electron chi connectivity index (χ0n) is 12.9. The van der Waals surface area contributed by atoms with Crippen LogP contribution in [0.2, 0.25) is 0 Å². The zero-order valence-corrected chi connectivity index (χ0v) is 12.9. The molecule has 0 radical (unpaired) electrons. The maximum absolute atomic E-state index is 12.2. The second-order valence-corrected chi connectivity index (χ2v) is 6.33. The third kappa shape index (κ3) is 4.08. The molecule has 0 spiro atoms. The Kier molecular flexibility index (Phi) is 4.68. The lowest BCUT2D eigenvalue weighted by atomic mass is 9.88. The molecule has 0 bridgehead atoms. The predicted octanol–water partition coefficient (Wildman–Crippen LogP) is 3.27. The lowest BCUT2D eigenvalue weighted by molar-refractivity contribution is 0.0907. The first-order chi connectivity index (χ1) is 9.91. The van der Waals surface area contributed by atoms with E-state index in [2.05, 4.69) is 19.2 Å². The van der Waals surface area contributed by atoms with Gasteiger partial charge in [-0.05, 0) is 43.4 Å². The topological polar surface area (TPSA) is 62.5 Å². The highest BCUT2D eigenvalue weighted by atomic mass is 16.3. The Morgan fingerprint density at radius 1 is 1.33 bits per heavy atom. The molecule has 114 valence electrons. The van der Waals surface area contributed by atoms with E-state index in [1.165, 1.54) is 0 Å². The molecule has 4 nitrogen and oxygen atoms in total. The van der Waals surface area contributed by atoms with Crippen LogP contribution in [0.3, 0.4) is 0 Å². The summed E-state index contributed by atoms with van der Waals surface area (Å²) in [6.45, 7) is 6.90. The van der Waals surface area contributed by atoms with Crippen molar-refractivity contribution >= 4 is 16.9 Å². The van der Waals surface area contributed by atoms with Crippen LogP contribution in [0.4, 0.5) is 0 Å². The van der Waals surface area contributed by atoms with Crippen molar-refractivity contribution in [1.29, 1.82) is 0 Å². The van der Waals surface area contributed by atoms with Gasteiger partial charge in [0.15, 0.2) is 5.76 Å². The Hall–Kier alpha value is -1.81. The first kappa shape index (κ1) is 15.6. The highest BCUT2D eigenvalue weighted by Gasteiger charge is 2.20. The Bertz CT molecular complexity index is 628. The fourth-order valence-corrected chi connectivity index (χ4v) is 2.33. The van der Waals surface area contributed by atoms with Gasteiger partial charge in [-0.2, -0.15) is 0 Å². The lowest BCUT2D eigenvalue weighted by Crippen LogP contribution is -2.33. The third-order valence-electron chi connectivity index (χ3n) is 3.63. The van der Waals surface area contributed by atoms with Gasteiger partial charge in [-0.25, -0.2) is 0 Å². The van der Waals surface area contributed by atoms with Gasteiger partial charge >= 0.3 is 0 Å². The summed E-state index contributed by atoms with van der Waals surface area (Å²) in [5, 5.41) is 12.7. The quantitative estimate of drug-likeness (QED) is 0.858. The second kappa shape index (κ2) is 6.31. The molecule has 1 aromatic carbocycles. The van der Waals surface area contributed by atoms with Crippen molar-refractivity contribution in [2.75, 3.05) is 13.2 Å². The number of rotatable bonds is 6. The highest BCUT2D eigenvalue weighted by Crippen LogP contribution is 2.23. The maximum Gasteiger partial charge on any atom is 0.287 e. The van der Waals surface area contributed by atoms with Crippen LogP contribution in [-0.2, 0) is 0 Å². The average Bonchev–Trinajstić information content (AvgIpc) is 2.85. The molecule has 2 rings (SSSR count). The third-order valence-corrected chi connectivity index (χ3v) is 3.63. The Morgan fingerprint density at radius 3 is 2.81 bits per heavy atom. The van der Waals surface area contributed by atoms with Crippen molar-refractivity contribution in [3.8, 4) is 0 Å². The normalized spacial score (nSPS) is 11.8. The van der Waals surface area contributed by atoms with E-state index in [0.29, 0.717) is 12.3 Å². The largest absolute Gasteiger partial charge is 0.451 e. The molecule has 0 aliphatic heterocycles. The molecular formula is C17H23NO3. The standard InChI is InChI=1S/C17H23NO3/c1-12-5-6-14-13(9-12)10-15(21-14)16(20)18-11-17(2,3)7-4-8-19/h5-6,9-10,19H,4,7-8,11H2,1-3H3,(H,18,20). The molecule has 4 heteroatoms. The maximum atomic E-state index is 12.2. The van der Waals surface area contributed by atoms with E-state index < -0.39 is 0 Å². The van der Waals surface area contributed by atoms with E-state index in [4.69, 9.17) is 9.52 Å². The van der Waals surface area contributed by atoms with Gasteiger partial charge in [-0.1, -0.05) is 25.5 Å². The van der Waals surface area contributed by atoms with Crippen LogP contribution in [0.1, 0.15) is 42.8 Å². The number of aliphatic hydroxyl groups is 1. The van der Waals surface area contributed by atoms with Crippen LogP contribution in [0, 0.1) is 12.3 Å². The molecular weight excluding hydrogens is 266 g/mol. The van der Waals surface area contributed by atoms with Crippen molar-refractivity contribution in [3.05, 3.63) is 35.6 Å². The number of aryl methyl sites for hydroxylation is 1. The van der Waals surface area contributed by atoms with Crippen molar-refractivity contribution in [3.63, 3.8) is 0 Å². The predicted molar refractivity (Wildman–Crippen MR) is 83.4 cm³/mol. The first-order valence-electron chi connectivity index (χ1n) is 7.30. The number of amides is 1. The van der Waals surface area contributed by atoms with Crippen molar-refractivity contribution in [2.24, 2.45) is 5.41 Å². The Morgan fingerprint density at radius 2 is 2.10 bits per heavy atom. The summed E-state index contributed by atoms with van der Waals surface area (Å²) < 4.78 is 5.58. The zero-order chi connectivity index (χ0) is 15.5. The van der Waals surface area contributed by atoms with E-state index in [1.54, 1.807) is 6.07 Å². The number of furan rings is 1. The molecule has 1 amide bonds. The molecule has 1 heterocycles. The molecule has 0 aliphatic rings. The van der Waals surface area contributed by atoms with Gasteiger partial charge in [-0.15, -0.1) is 0 Å². The smallest absolute Gasteiger partial charge is 0.287 e. The molecule has 21 heavy (non-hydrogen) atoms. The molecule has 0 unspecified atom stereocenters. The summed E-state index contributed by atoms with van der Waals surface area (Å²) >= 11 is 0. The van der Waals surface area contributed by atoms with Crippen LogP contribution in [0.25, 0.3) is 11.0 Å². The molecule has 0 aliphatic carbocycles. The van der Waals surface area contributed by atoms with Crippen LogP contribution in [0.5, 0.6) is 0 Å². The molecule has 0 atom stereocenters. The van der Waals surface area contributed by atoms with Crippen LogP contribution < -0.4 is 5.32 Å². The van der Waals surface area contributed by atoms with E-state index in [9.17, 15) is 4.79 Å². The lowest BCUT2D eigenvalue weighted by Gasteiger charge is -2.24. The molecule has 2 N–H and O–H groups in total. The average molecular weight is 289 g/mol. The number of benzene rings is 1. The Balaban J connectivity index is 2.02. The summed E-state index contributed by atoms with van der Waals surface area (Å²) in [5.41, 5.74) is 1.83. The SMILES string of the molecule is Cc1ccc2oc(C(=O)NCC(C)(C)CCCO)cc2c1. The van der Waals surface area contributed by atoms with Crippen LogP contribution in [-0.4, -0.2) is 24.2 Å². The number of aliphatic hydroxyl groups excluding tert-OH is 1. The fourth-order valence-electron chi connectivity index (χ4n) is 2.33. The summed E-state index contributed by atoms with van der Waals surface area (Å²) in [6, 6.07) is 7.62. The van der Waals surface area contributed by atoms with Crippen molar-refractivity contribution < 1.29 is 14.3 Å². The van der Waals surface area contributed by atoms with Crippen LogP contribution in [0.15, 0.2) is 28.7 Å². The molecule has 0 saturated heterocycles. The number of nitrogens with one attached hydrogen (secondary N) is 1. The highest BCUT2D eigenvalue weighted by molar-refractivity contribution is 5.96. The summed E-state index contributed by atoms with van der Waals surface area (Å²) in [7, 11) is 0. The Labute approximate surface area is 125 Å². The number of hydrogen-bond donors (Lipinski definition) is 2.